The molecular formula is C19H33NO. The highest BCUT2D eigenvalue weighted by atomic mass is 16.5. The van der Waals surface area contributed by atoms with E-state index in [9.17, 15) is 0 Å². The van der Waals surface area contributed by atoms with Gasteiger partial charge in [-0.2, -0.15) is 0 Å². The van der Waals surface area contributed by atoms with Crippen LogP contribution in [0.2, 0.25) is 0 Å². The predicted octanol–water partition coefficient (Wildman–Crippen LogP) is 4.92. The summed E-state index contributed by atoms with van der Waals surface area (Å²) in [7, 11) is 0. The van der Waals surface area contributed by atoms with E-state index in [1.165, 1.54) is 5.56 Å². The highest BCUT2D eigenvalue weighted by Crippen LogP contribution is 2.28. The van der Waals surface area contributed by atoms with Crippen molar-refractivity contribution in [3.05, 3.63) is 29.8 Å². The molecule has 0 fully saturated rings. The highest BCUT2D eigenvalue weighted by Gasteiger charge is 2.19. The highest BCUT2D eigenvalue weighted by molar-refractivity contribution is 5.31. The Morgan fingerprint density at radius 1 is 1.10 bits per heavy atom. The molecule has 1 aromatic rings. The minimum Gasteiger partial charge on any atom is -0.489 e. The van der Waals surface area contributed by atoms with Gasteiger partial charge in [0, 0.05) is 6.04 Å². The van der Waals surface area contributed by atoms with E-state index in [-0.39, 0.29) is 11.5 Å². The van der Waals surface area contributed by atoms with Crippen molar-refractivity contribution in [3.8, 4) is 5.75 Å². The molecule has 0 aromatic heterocycles. The second-order valence-electron chi connectivity index (χ2n) is 6.55. The number of hydrogen-bond acceptors (Lipinski definition) is 2. The second kappa shape index (κ2) is 8.43. The molecule has 0 spiro atoms. The van der Waals surface area contributed by atoms with Crippen LogP contribution in [0, 0.1) is 0 Å². The molecule has 0 aliphatic rings. The fourth-order valence-electron chi connectivity index (χ4n) is 2.46. The van der Waals surface area contributed by atoms with E-state index in [0.717, 1.165) is 31.6 Å². The van der Waals surface area contributed by atoms with Gasteiger partial charge in [-0.25, -0.2) is 0 Å². The first-order valence-electron chi connectivity index (χ1n) is 8.45. The molecule has 2 atom stereocenters. The number of nitrogens with one attached hydrogen (secondary N) is 1. The molecule has 0 aliphatic carbocycles. The lowest BCUT2D eigenvalue weighted by Crippen LogP contribution is -2.41. The van der Waals surface area contributed by atoms with Crippen LogP contribution in [0.5, 0.6) is 5.75 Å². The molecule has 1 N–H and O–H groups in total. The van der Waals surface area contributed by atoms with Gasteiger partial charge in [-0.1, -0.05) is 46.8 Å². The van der Waals surface area contributed by atoms with Crippen LogP contribution in [0.15, 0.2) is 24.3 Å². The maximum Gasteiger partial charge on any atom is 0.119 e. The van der Waals surface area contributed by atoms with E-state index < -0.39 is 0 Å². The van der Waals surface area contributed by atoms with Crippen molar-refractivity contribution >= 4 is 0 Å². The third-order valence-corrected chi connectivity index (χ3v) is 4.50. The third-order valence-electron chi connectivity index (χ3n) is 4.50. The second-order valence-corrected chi connectivity index (χ2v) is 6.55. The number of benzene rings is 1. The Kier molecular flexibility index (Phi) is 7.24. The van der Waals surface area contributed by atoms with Crippen LogP contribution in [0.25, 0.3) is 0 Å². The monoisotopic (exact) mass is 291 g/mol. The zero-order valence-electron chi connectivity index (χ0n) is 14.7. The van der Waals surface area contributed by atoms with Crippen molar-refractivity contribution in [2.75, 3.05) is 6.54 Å². The molecule has 0 amide bonds. The van der Waals surface area contributed by atoms with Crippen molar-refractivity contribution in [3.63, 3.8) is 0 Å². The first kappa shape index (κ1) is 18.0. The SMILES string of the molecule is CCCNC(CC)C(C)Oc1ccc(C(C)(C)CC)cc1. The van der Waals surface area contributed by atoms with Gasteiger partial charge in [0.1, 0.15) is 11.9 Å². The summed E-state index contributed by atoms with van der Waals surface area (Å²) >= 11 is 0. The Morgan fingerprint density at radius 3 is 2.19 bits per heavy atom. The first-order chi connectivity index (χ1) is 9.94. The summed E-state index contributed by atoms with van der Waals surface area (Å²) in [6, 6.07) is 9.03. The standard InChI is InChI=1S/C19H33NO/c1-7-14-20-18(8-2)15(4)21-17-12-10-16(11-13-17)19(5,6)9-3/h10-13,15,18,20H,7-9,14H2,1-6H3. The molecule has 1 aromatic carbocycles. The Bertz CT molecular complexity index is 397. The Balaban J connectivity index is 2.66. The van der Waals surface area contributed by atoms with Crippen LogP contribution in [0.3, 0.4) is 0 Å². The van der Waals surface area contributed by atoms with Crippen molar-refractivity contribution in [1.29, 1.82) is 0 Å². The molecule has 2 unspecified atom stereocenters. The van der Waals surface area contributed by atoms with Crippen LogP contribution in [-0.2, 0) is 5.41 Å². The average molecular weight is 291 g/mol. The lowest BCUT2D eigenvalue weighted by molar-refractivity contribution is 0.167. The van der Waals surface area contributed by atoms with E-state index in [0.29, 0.717) is 6.04 Å². The van der Waals surface area contributed by atoms with Crippen LogP contribution in [0.4, 0.5) is 0 Å². The van der Waals surface area contributed by atoms with E-state index in [4.69, 9.17) is 4.74 Å². The lowest BCUT2D eigenvalue weighted by atomic mass is 9.82. The maximum atomic E-state index is 6.10. The van der Waals surface area contributed by atoms with Gasteiger partial charge in [0.2, 0.25) is 0 Å². The summed E-state index contributed by atoms with van der Waals surface area (Å²) in [4.78, 5) is 0. The molecule has 2 heteroatoms. The normalized spacial score (nSPS) is 14.8. The maximum absolute atomic E-state index is 6.10. The molecule has 21 heavy (non-hydrogen) atoms. The van der Waals surface area contributed by atoms with E-state index in [1.54, 1.807) is 0 Å². The number of ether oxygens (including phenoxy) is 1. The zero-order valence-corrected chi connectivity index (χ0v) is 14.7. The minimum atomic E-state index is 0.187. The van der Waals surface area contributed by atoms with Crippen molar-refractivity contribution in [2.24, 2.45) is 0 Å². The van der Waals surface area contributed by atoms with Crippen LogP contribution in [-0.4, -0.2) is 18.7 Å². The van der Waals surface area contributed by atoms with Crippen molar-refractivity contribution < 1.29 is 4.74 Å². The number of hydrogen-bond donors (Lipinski definition) is 1. The van der Waals surface area contributed by atoms with E-state index >= 15 is 0 Å². The molecular weight excluding hydrogens is 258 g/mol. The molecule has 0 saturated heterocycles. The number of rotatable bonds is 9. The van der Waals surface area contributed by atoms with Crippen LogP contribution in [0.1, 0.15) is 66.4 Å². The molecule has 0 bridgehead atoms. The molecule has 2 nitrogen and oxygen atoms in total. The van der Waals surface area contributed by atoms with Gasteiger partial charge in [0.15, 0.2) is 0 Å². The van der Waals surface area contributed by atoms with Gasteiger partial charge in [0.05, 0.1) is 0 Å². The van der Waals surface area contributed by atoms with Gasteiger partial charge < -0.3 is 10.1 Å². The van der Waals surface area contributed by atoms with Gasteiger partial charge in [-0.15, -0.1) is 0 Å². The smallest absolute Gasteiger partial charge is 0.119 e. The van der Waals surface area contributed by atoms with Gasteiger partial charge in [-0.3, -0.25) is 0 Å². The van der Waals surface area contributed by atoms with E-state index in [2.05, 4.69) is 71.1 Å². The zero-order chi connectivity index (χ0) is 15.9. The molecule has 0 radical (unpaired) electrons. The largest absolute Gasteiger partial charge is 0.489 e. The van der Waals surface area contributed by atoms with Crippen LogP contribution >= 0.6 is 0 Å². The summed E-state index contributed by atoms with van der Waals surface area (Å²) in [6.45, 7) is 14.4. The molecule has 120 valence electrons. The van der Waals surface area contributed by atoms with Crippen LogP contribution < -0.4 is 10.1 Å². The summed E-state index contributed by atoms with van der Waals surface area (Å²) in [5.74, 6) is 0.968. The fraction of sp³-hybridized carbons (Fsp3) is 0.684. The van der Waals surface area contributed by atoms with Gasteiger partial charge in [0.25, 0.3) is 0 Å². The fourth-order valence-corrected chi connectivity index (χ4v) is 2.46. The quantitative estimate of drug-likeness (QED) is 0.697. The molecule has 0 saturated carbocycles. The first-order valence-corrected chi connectivity index (χ1v) is 8.45. The average Bonchev–Trinajstić information content (AvgIpc) is 2.48. The Labute approximate surface area is 131 Å². The van der Waals surface area contributed by atoms with Gasteiger partial charge in [-0.05, 0) is 55.8 Å². The summed E-state index contributed by atoms with van der Waals surface area (Å²) in [6.07, 6.45) is 3.57. The third kappa shape index (κ3) is 5.35. The topological polar surface area (TPSA) is 21.3 Å². The summed E-state index contributed by atoms with van der Waals surface area (Å²) < 4.78 is 6.10. The minimum absolute atomic E-state index is 0.187. The van der Waals surface area contributed by atoms with Crippen molar-refractivity contribution in [1.82, 2.24) is 5.32 Å². The van der Waals surface area contributed by atoms with Gasteiger partial charge >= 0.3 is 0 Å². The molecule has 0 heterocycles. The summed E-state index contributed by atoms with van der Waals surface area (Å²) in [5.41, 5.74) is 1.61. The molecule has 0 aliphatic heterocycles. The summed E-state index contributed by atoms with van der Waals surface area (Å²) in [5, 5.41) is 3.56. The van der Waals surface area contributed by atoms with E-state index in [1.807, 2.05) is 0 Å². The predicted molar refractivity (Wildman–Crippen MR) is 92.2 cm³/mol. The lowest BCUT2D eigenvalue weighted by Gasteiger charge is -2.26. The van der Waals surface area contributed by atoms with Crippen molar-refractivity contribution in [2.45, 2.75) is 78.4 Å². The Hall–Kier alpha value is -1.02. The Morgan fingerprint density at radius 2 is 1.71 bits per heavy atom. The molecule has 1 rings (SSSR count).